The predicted octanol–water partition coefficient (Wildman–Crippen LogP) is 0.172. The summed E-state index contributed by atoms with van der Waals surface area (Å²) in [6.07, 6.45) is 0. The van der Waals surface area contributed by atoms with E-state index in [1.54, 1.807) is 14.1 Å². The van der Waals surface area contributed by atoms with Gasteiger partial charge in [0, 0.05) is 20.6 Å². The first-order valence-corrected chi connectivity index (χ1v) is 4.31. The van der Waals surface area contributed by atoms with Crippen LogP contribution in [-0.4, -0.2) is 39.8 Å². The normalized spacial score (nSPS) is 14.4. The fourth-order valence-electron chi connectivity index (χ4n) is 0.341. The second kappa shape index (κ2) is 3.38. The van der Waals surface area contributed by atoms with E-state index in [0.29, 0.717) is 6.54 Å². The first kappa shape index (κ1) is 9.19. The largest absolute Gasteiger partial charge is 0.329 e. The second-order valence-electron chi connectivity index (χ2n) is 1.94. The summed E-state index contributed by atoms with van der Waals surface area (Å²) in [6.45, 7) is 0.306. The van der Waals surface area contributed by atoms with Crippen LogP contribution in [0.1, 0.15) is 0 Å². The Kier molecular flexibility index (Phi) is 3.45. The molecule has 4 N–H and O–H groups in total. The molecule has 0 unspecified atom stereocenters. The summed E-state index contributed by atoms with van der Waals surface area (Å²) in [5.41, 5.74) is 5.13. The Balaban J connectivity index is 3.70. The van der Waals surface area contributed by atoms with Crippen LogP contribution in [-0.2, 0) is 0 Å². The highest BCUT2D eigenvalue weighted by molar-refractivity contribution is 8.22. The Morgan fingerprint density at radius 2 is 1.89 bits per heavy atom. The zero-order chi connectivity index (χ0) is 7.49. The molecule has 4 nitrogen and oxygen atoms in total. The van der Waals surface area contributed by atoms with Gasteiger partial charge in [-0.15, -0.1) is 10.8 Å². The van der Waals surface area contributed by atoms with Crippen molar-refractivity contribution < 1.29 is 9.11 Å². The molecule has 0 spiro atoms. The molecule has 0 bridgehead atoms. The Hall–Kier alpha value is 0.190. The van der Waals surface area contributed by atoms with E-state index in [1.807, 2.05) is 0 Å². The minimum absolute atomic E-state index is 0.250. The van der Waals surface area contributed by atoms with Gasteiger partial charge in [-0.2, -0.15) is 0 Å². The number of rotatable bonds is 3. The Labute approximate surface area is 57.1 Å². The molecule has 0 radical (unpaired) electrons. The molecule has 5 heteroatoms. The molecule has 0 rings (SSSR count). The van der Waals surface area contributed by atoms with E-state index >= 15 is 0 Å². The summed E-state index contributed by atoms with van der Waals surface area (Å²) in [5.74, 6) is 0.250. The first-order valence-electron chi connectivity index (χ1n) is 2.64. The minimum Gasteiger partial charge on any atom is -0.329 e. The van der Waals surface area contributed by atoms with Crippen LogP contribution in [0.25, 0.3) is 0 Å². The van der Waals surface area contributed by atoms with E-state index in [0.717, 1.165) is 0 Å². The lowest BCUT2D eigenvalue weighted by molar-refractivity contribution is 0.414. The van der Waals surface area contributed by atoms with Gasteiger partial charge in [-0.1, -0.05) is 0 Å². The maximum Gasteiger partial charge on any atom is 0.0652 e. The Morgan fingerprint density at radius 1 is 1.44 bits per heavy atom. The van der Waals surface area contributed by atoms with Gasteiger partial charge in [0.15, 0.2) is 0 Å². The molecule has 0 amide bonds. The van der Waals surface area contributed by atoms with E-state index in [4.69, 9.17) is 14.8 Å². The van der Waals surface area contributed by atoms with Crippen molar-refractivity contribution in [2.24, 2.45) is 5.73 Å². The molecule has 9 heavy (non-hydrogen) atoms. The highest BCUT2D eigenvalue weighted by Gasteiger charge is 2.12. The fourth-order valence-corrected chi connectivity index (χ4v) is 1.02. The highest BCUT2D eigenvalue weighted by Crippen LogP contribution is 2.38. The van der Waals surface area contributed by atoms with Gasteiger partial charge < -0.3 is 5.73 Å². The zero-order valence-electron chi connectivity index (χ0n) is 5.74. The van der Waals surface area contributed by atoms with E-state index < -0.39 is 10.8 Å². The van der Waals surface area contributed by atoms with Gasteiger partial charge in [0.1, 0.15) is 0 Å². The molecule has 0 saturated heterocycles. The lowest BCUT2D eigenvalue weighted by Crippen LogP contribution is -2.24. The van der Waals surface area contributed by atoms with Crippen LogP contribution in [0.4, 0.5) is 0 Å². The van der Waals surface area contributed by atoms with Crippen molar-refractivity contribution in [1.29, 1.82) is 0 Å². The standard InChI is InChI=1S/C4H14N2O2S/c1-6(2)9(7,8)4-3-5/h7-8H,3-5H2,1-2H3. The predicted molar refractivity (Wildman–Crippen MR) is 40.5 cm³/mol. The molecular weight excluding hydrogens is 140 g/mol. The zero-order valence-corrected chi connectivity index (χ0v) is 6.56. The third-order valence-corrected chi connectivity index (χ3v) is 2.93. The van der Waals surface area contributed by atoms with Crippen LogP contribution >= 0.6 is 10.8 Å². The van der Waals surface area contributed by atoms with Gasteiger partial charge in [-0.25, -0.2) is 4.31 Å². The molecule has 0 aromatic heterocycles. The van der Waals surface area contributed by atoms with Crippen LogP contribution in [0, 0.1) is 0 Å². The Bertz CT molecular complexity index is 86.6. The molecule has 0 saturated carbocycles. The van der Waals surface area contributed by atoms with Crippen LogP contribution in [0.5, 0.6) is 0 Å². The average Bonchev–Trinajstić information content (AvgIpc) is 1.65. The monoisotopic (exact) mass is 154 g/mol. The van der Waals surface area contributed by atoms with E-state index in [9.17, 15) is 0 Å². The van der Waals surface area contributed by atoms with Gasteiger partial charge >= 0.3 is 0 Å². The van der Waals surface area contributed by atoms with Crippen molar-refractivity contribution in [3.05, 3.63) is 0 Å². The first-order chi connectivity index (χ1) is 4.00. The molecule has 0 aromatic carbocycles. The molecule has 0 aliphatic heterocycles. The van der Waals surface area contributed by atoms with Crippen LogP contribution in [0.3, 0.4) is 0 Å². The summed E-state index contributed by atoms with van der Waals surface area (Å²) >= 11 is 0. The molecule has 58 valence electrons. The smallest absolute Gasteiger partial charge is 0.0652 e. The van der Waals surface area contributed by atoms with Crippen molar-refractivity contribution in [3.8, 4) is 0 Å². The molecule has 0 aliphatic carbocycles. The molecule has 0 aliphatic rings. The Morgan fingerprint density at radius 3 is 2.00 bits per heavy atom. The highest BCUT2D eigenvalue weighted by atomic mass is 32.3. The number of nitrogens with zero attached hydrogens (tertiary/aromatic N) is 1. The van der Waals surface area contributed by atoms with Gasteiger partial charge in [-0.3, -0.25) is 9.11 Å². The maximum absolute atomic E-state index is 9.08. The van der Waals surface area contributed by atoms with Crippen LogP contribution in [0.2, 0.25) is 0 Å². The van der Waals surface area contributed by atoms with Gasteiger partial charge in [0.25, 0.3) is 0 Å². The van der Waals surface area contributed by atoms with Crippen molar-refractivity contribution in [1.82, 2.24) is 4.31 Å². The summed E-state index contributed by atoms with van der Waals surface area (Å²) in [6, 6.07) is 0. The second-order valence-corrected chi connectivity index (χ2v) is 4.34. The topological polar surface area (TPSA) is 69.7 Å². The van der Waals surface area contributed by atoms with E-state index in [2.05, 4.69) is 0 Å². The third-order valence-electron chi connectivity index (χ3n) is 0.977. The van der Waals surface area contributed by atoms with Gasteiger partial charge in [-0.05, 0) is 0 Å². The molecule has 0 heterocycles. The average molecular weight is 154 g/mol. The molecule has 0 fully saturated rings. The molecule has 0 atom stereocenters. The third kappa shape index (κ3) is 3.02. The quantitative estimate of drug-likeness (QED) is 0.542. The van der Waals surface area contributed by atoms with Crippen LogP contribution < -0.4 is 5.73 Å². The summed E-state index contributed by atoms with van der Waals surface area (Å²) < 4.78 is 19.5. The van der Waals surface area contributed by atoms with Crippen LogP contribution in [0.15, 0.2) is 0 Å². The molecule has 0 aromatic rings. The van der Waals surface area contributed by atoms with E-state index in [-0.39, 0.29) is 5.75 Å². The fraction of sp³-hybridized carbons (Fsp3) is 1.00. The van der Waals surface area contributed by atoms with Crippen molar-refractivity contribution >= 4 is 10.8 Å². The van der Waals surface area contributed by atoms with Crippen molar-refractivity contribution in [2.45, 2.75) is 0 Å². The lowest BCUT2D eigenvalue weighted by atomic mass is 10.8. The summed E-state index contributed by atoms with van der Waals surface area (Å²) in [4.78, 5) is 0. The lowest BCUT2D eigenvalue weighted by Gasteiger charge is -2.37. The summed E-state index contributed by atoms with van der Waals surface area (Å²) in [7, 11) is 0.692. The van der Waals surface area contributed by atoms with E-state index in [1.165, 1.54) is 4.31 Å². The number of hydrogen-bond acceptors (Lipinski definition) is 4. The SMILES string of the molecule is CN(C)S(O)(O)CCN. The summed E-state index contributed by atoms with van der Waals surface area (Å²) in [5, 5.41) is 0. The van der Waals surface area contributed by atoms with Crippen molar-refractivity contribution in [2.75, 3.05) is 26.4 Å². The minimum atomic E-state index is -2.54. The number of hydrogen-bond donors (Lipinski definition) is 3. The van der Waals surface area contributed by atoms with Gasteiger partial charge in [0.2, 0.25) is 0 Å². The molecular formula is C4H14N2O2S. The van der Waals surface area contributed by atoms with Crippen molar-refractivity contribution in [3.63, 3.8) is 0 Å². The number of nitrogens with two attached hydrogens (primary N) is 1. The van der Waals surface area contributed by atoms with Gasteiger partial charge in [0.05, 0.1) is 5.75 Å². The maximum atomic E-state index is 9.08.